The minimum Gasteiger partial charge on any atom is -0.382 e. The van der Waals surface area contributed by atoms with Gasteiger partial charge in [-0.1, -0.05) is 0 Å². The van der Waals surface area contributed by atoms with Crippen molar-refractivity contribution in [1.82, 2.24) is 5.43 Å². The van der Waals surface area contributed by atoms with Crippen molar-refractivity contribution >= 4 is 0 Å². The van der Waals surface area contributed by atoms with Crippen molar-refractivity contribution in [3.8, 4) is 0 Å². The molecule has 0 aromatic heterocycles. The number of hydrogen-bond acceptors (Lipinski definition) is 2. The molecule has 0 aromatic carbocycles. The van der Waals surface area contributed by atoms with Crippen LogP contribution in [0.25, 0.3) is 0 Å². The van der Waals surface area contributed by atoms with Crippen LogP contribution in [0.1, 0.15) is 6.92 Å². The van der Waals surface area contributed by atoms with E-state index in [0.29, 0.717) is 5.82 Å². The first-order valence-corrected chi connectivity index (χ1v) is 2.53. The smallest absolute Gasteiger partial charge is 0.146 e. The molecule has 3 nitrogen and oxygen atoms in total. The maximum absolute atomic E-state index is 5.40. The van der Waals surface area contributed by atoms with E-state index in [2.05, 4.69) is 5.43 Å². The van der Waals surface area contributed by atoms with Crippen LogP contribution in [-0.2, 0) is 0 Å². The van der Waals surface area contributed by atoms with Gasteiger partial charge in [-0.15, -0.1) is 0 Å². The molecule has 0 amide bonds. The quantitative estimate of drug-likeness (QED) is 0.344. The molecule has 1 aliphatic rings. The Labute approximate surface area is 48.2 Å². The highest BCUT2D eigenvalue weighted by molar-refractivity contribution is 5.17. The molecule has 0 aromatic rings. The van der Waals surface area contributed by atoms with Crippen molar-refractivity contribution in [1.29, 1.82) is 0 Å². The summed E-state index contributed by atoms with van der Waals surface area (Å²) in [6.45, 7) is 2.00. The molecule has 0 fully saturated rings. The maximum Gasteiger partial charge on any atom is 0.146 e. The van der Waals surface area contributed by atoms with Crippen LogP contribution in [0, 0.1) is 0 Å². The average Bonchev–Trinajstić information content (AvgIpc) is 1.64. The van der Waals surface area contributed by atoms with Crippen LogP contribution in [0.5, 0.6) is 0 Å². The Kier molecular flexibility index (Phi) is 1.22. The standard InChI is InChI=1S/C5H9N3/c1-4-2-5(6)8-7-3-4/h2-3,7-8H,6H2,1H3/p+1. The highest BCUT2D eigenvalue weighted by atomic mass is 15.4. The van der Waals surface area contributed by atoms with E-state index in [-0.39, 0.29) is 0 Å². The van der Waals surface area contributed by atoms with Crippen LogP contribution in [0.4, 0.5) is 0 Å². The lowest BCUT2D eigenvalue weighted by atomic mass is 10.3. The molecule has 0 radical (unpaired) electrons. The highest BCUT2D eigenvalue weighted by Gasteiger charge is 1.96. The van der Waals surface area contributed by atoms with Gasteiger partial charge in [-0.3, -0.25) is 0 Å². The molecule has 44 valence electrons. The van der Waals surface area contributed by atoms with Gasteiger partial charge in [-0.05, 0) is 13.0 Å². The molecule has 0 saturated carbocycles. The lowest BCUT2D eigenvalue weighted by molar-refractivity contribution is -0.643. The Bertz CT molecular complexity index is 146. The molecule has 1 aliphatic heterocycles. The number of quaternary nitrogens is 1. The average molecular weight is 112 g/mol. The zero-order valence-electron chi connectivity index (χ0n) is 4.81. The molecule has 3 heteroatoms. The number of nitrogens with two attached hydrogens (primary N) is 2. The molecule has 0 bridgehead atoms. The zero-order valence-corrected chi connectivity index (χ0v) is 4.81. The Hall–Kier alpha value is -0.960. The molecular formula is C5H10N3+. The third kappa shape index (κ3) is 1.01. The maximum atomic E-state index is 5.40. The van der Waals surface area contributed by atoms with E-state index in [1.165, 1.54) is 5.57 Å². The summed E-state index contributed by atoms with van der Waals surface area (Å²) in [5.74, 6) is 0.713. The first-order valence-electron chi connectivity index (χ1n) is 2.53. The van der Waals surface area contributed by atoms with Crippen molar-refractivity contribution in [3.63, 3.8) is 0 Å². The first-order chi connectivity index (χ1) is 3.79. The van der Waals surface area contributed by atoms with E-state index < -0.39 is 0 Å². The molecule has 0 aliphatic carbocycles. The fourth-order valence-electron chi connectivity index (χ4n) is 0.604. The molecule has 1 heterocycles. The van der Waals surface area contributed by atoms with Crippen molar-refractivity contribution in [2.45, 2.75) is 6.92 Å². The second kappa shape index (κ2) is 1.88. The lowest BCUT2D eigenvalue weighted by Gasteiger charge is -2.05. The third-order valence-electron chi connectivity index (χ3n) is 0.979. The molecule has 8 heavy (non-hydrogen) atoms. The highest BCUT2D eigenvalue weighted by Crippen LogP contribution is 1.92. The van der Waals surface area contributed by atoms with Crippen molar-refractivity contribution in [2.75, 3.05) is 0 Å². The van der Waals surface area contributed by atoms with Crippen LogP contribution in [0.15, 0.2) is 23.7 Å². The van der Waals surface area contributed by atoms with Crippen molar-refractivity contribution in [2.24, 2.45) is 5.73 Å². The third-order valence-corrected chi connectivity index (χ3v) is 0.979. The zero-order chi connectivity index (χ0) is 5.98. The van der Waals surface area contributed by atoms with E-state index in [4.69, 9.17) is 5.73 Å². The van der Waals surface area contributed by atoms with Gasteiger partial charge in [0.2, 0.25) is 0 Å². The Morgan fingerprint density at radius 3 is 2.88 bits per heavy atom. The van der Waals surface area contributed by atoms with E-state index in [1.807, 2.05) is 24.6 Å². The molecule has 0 saturated heterocycles. The predicted molar refractivity (Wildman–Crippen MR) is 31.1 cm³/mol. The van der Waals surface area contributed by atoms with Gasteiger partial charge in [0, 0.05) is 5.57 Å². The van der Waals surface area contributed by atoms with E-state index in [1.54, 1.807) is 0 Å². The SMILES string of the molecule is CC1=C[NH2+]NC(N)=C1. The Morgan fingerprint density at radius 2 is 2.50 bits per heavy atom. The summed E-state index contributed by atoms with van der Waals surface area (Å²) in [6, 6.07) is 0. The van der Waals surface area contributed by atoms with Gasteiger partial charge < -0.3 is 5.73 Å². The van der Waals surface area contributed by atoms with Crippen LogP contribution in [0.3, 0.4) is 0 Å². The van der Waals surface area contributed by atoms with Gasteiger partial charge in [-0.2, -0.15) is 0 Å². The molecule has 0 unspecified atom stereocenters. The van der Waals surface area contributed by atoms with Gasteiger partial charge in [0.05, 0.1) is 0 Å². The van der Waals surface area contributed by atoms with Gasteiger partial charge in [-0.25, -0.2) is 10.9 Å². The summed E-state index contributed by atoms with van der Waals surface area (Å²) in [7, 11) is 0. The fourth-order valence-corrected chi connectivity index (χ4v) is 0.604. The summed E-state index contributed by atoms with van der Waals surface area (Å²) in [5.41, 5.74) is 11.3. The van der Waals surface area contributed by atoms with Crippen molar-refractivity contribution in [3.05, 3.63) is 23.7 Å². The van der Waals surface area contributed by atoms with Gasteiger partial charge in [0.1, 0.15) is 12.0 Å². The molecule has 0 atom stereocenters. The lowest BCUT2D eigenvalue weighted by Crippen LogP contribution is -2.89. The summed E-state index contributed by atoms with van der Waals surface area (Å²) in [6.07, 6.45) is 3.86. The summed E-state index contributed by atoms with van der Waals surface area (Å²) in [4.78, 5) is 0. The summed E-state index contributed by atoms with van der Waals surface area (Å²) in [5, 5.41) is 0. The summed E-state index contributed by atoms with van der Waals surface area (Å²) >= 11 is 0. The van der Waals surface area contributed by atoms with Crippen LogP contribution < -0.4 is 16.6 Å². The minimum absolute atomic E-state index is 0.713. The first kappa shape index (κ1) is 5.18. The van der Waals surface area contributed by atoms with Crippen LogP contribution in [0.2, 0.25) is 0 Å². The predicted octanol–water partition coefficient (Wildman–Crippen LogP) is -1.23. The minimum atomic E-state index is 0.713. The van der Waals surface area contributed by atoms with E-state index >= 15 is 0 Å². The van der Waals surface area contributed by atoms with Crippen LogP contribution in [-0.4, -0.2) is 0 Å². The molecule has 1 rings (SSSR count). The normalized spacial score (nSPS) is 18.6. The van der Waals surface area contributed by atoms with E-state index in [9.17, 15) is 0 Å². The largest absolute Gasteiger partial charge is 0.382 e. The second-order valence-electron chi connectivity index (χ2n) is 1.82. The van der Waals surface area contributed by atoms with Gasteiger partial charge >= 0.3 is 0 Å². The monoisotopic (exact) mass is 112 g/mol. The van der Waals surface area contributed by atoms with Crippen LogP contribution >= 0.6 is 0 Å². The fraction of sp³-hybridized carbons (Fsp3) is 0.200. The number of allylic oxidation sites excluding steroid dienone is 2. The molecular weight excluding hydrogens is 102 g/mol. The van der Waals surface area contributed by atoms with Gasteiger partial charge in [0.25, 0.3) is 0 Å². The Balaban J connectivity index is 2.69. The molecule has 0 spiro atoms. The number of nitrogens with one attached hydrogen (secondary N) is 1. The molecule has 5 N–H and O–H groups in total. The second-order valence-corrected chi connectivity index (χ2v) is 1.82. The Morgan fingerprint density at radius 1 is 1.75 bits per heavy atom. The number of rotatable bonds is 0. The number of hydrogen-bond donors (Lipinski definition) is 3. The van der Waals surface area contributed by atoms with Crippen molar-refractivity contribution < 1.29 is 5.43 Å². The van der Waals surface area contributed by atoms with Gasteiger partial charge in [0.15, 0.2) is 0 Å². The van der Waals surface area contributed by atoms with E-state index in [0.717, 1.165) is 0 Å². The summed E-state index contributed by atoms with van der Waals surface area (Å²) < 4.78 is 0. The topological polar surface area (TPSA) is 54.7 Å².